The molecule has 0 saturated carbocycles. The summed E-state index contributed by atoms with van der Waals surface area (Å²) in [5.74, 6) is -1.16. The fraction of sp³-hybridized carbons (Fsp3) is 0.286. The van der Waals surface area contributed by atoms with Crippen molar-refractivity contribution in [3.8, 4) is 0 Å². The van der Waals surface area contributed by atoms with Gasteiger partial charge in [0.1, 0.15) is 11.9 Å². The standard InChI is InChI=1S/C28H29BrClFN2O2/c1-3-19(2)32-28(35)26(16-20-8-5-4-6-9-20)33(18-21-12-14-22(29)15-13-21)27(34)17-23-24(30)10-7-11-25(23)31/h4-15,19,26H,3,16-18H2,1-2H3,(H,32,35)/t19-,26-/m0/s1. The Labute approximate surface area is 219 Å². The van der Waals surface area contributed by atoms with Crippen LogP contribution in [0.2, 0.25) is 5.02 Å². The lowest BCUT2D eigenvalue weighted by atomic mass is 10.0. The fourth-order valence-electron chi connectivity index (χ4n) is 3.74. The summed E-state index contributed by atoms with van der Waals surface area (Å²) in [6.45, 7) is 4.11. The van der Waals surface area contributed by atoms with Crippen LogP contribution >= 0.6 is 27.5 Å². The third kappa shape index (κ3) is 7.64. The van der Waals surface area contributed by atoms with Crippen molar-refractivity contribution in [1.29, 1.82) is 0 Å². The third-order valence-corrected chi connectivity index (χ3v) is 6.81. The maximum Gasteiger partial charge on any atom is 0.243 e. The molecule has 184 valence electrons. The molecule has 0 bridgehead atoms. The number of amides is 2. The maximum absolute atomic E-state index is 14.5. The van der Waals surface area contributed by atoms with E-state index in [2.05, 4.69) is 21.2 Å². The van der Waals surface area contributed by atoms with Crippen LogP contribution < -0.4 is 5.32 Å². The van der Waals surface area contributed by atoms with Crippen molar-refractivity contribution in [1.82, 2.24) is 10.2 Å². The van der Waals surface area contributed by atoms with E-state index >= 15 is 0 Å². The number of nitrogens with one attached hydrogen (secondary N) is 1. The quantitative estimate of drug-likeness (QED) is 0.315. The first-order valence-electron chi connectivity index (χ1n) is 11.6. The summed E-state index contributed by atoms with van der Waals surface area (Å²) >= 11 is 9.65. The fourth-order valence-corrected chi connectivity index (χ4v) is 4.23. The SMILES string of the molecule is CC[C@H](C)NC(=O)[C@H](Cc1ccccc1)N(Cc1ccc(Br)cc1)C(=O)Cc1c(F)cccc1Cl. The largest absolute Gasteiger partial charge is 0.352 e. The molecular formula is C28H29BrClFN2O2. The Morgan fingerprint density at radius 3 is 2.31 bits per heavy atom. The van der Waals surface area contributed by atoms with Gasteiger partial charge in [-0.05, 0) is 48.7 Å². The number of hydrogen-bond donors (Lipinski definition) is 1. The Hall–Kier alpha value is -2.70. The molecule has 0 aliphatic heterocycles. The number of halogens is 3. The smallest absolute Gasteiger partial charge is 0.243 e. The first kappa shape index (κ1) is 26.9. The Kier molecular flexibility index (Phi) is 9.87. The number of carbonyl (C=O) groups excluding carboxylic acids is 2. The molecule has 0 spiro atoms. The minimum Gasteiger partial charge on any atom is -0.352 e. The molecule has 3 rings (SSSR count). The van der Waals surface area contributed by atoms with Crippen molar-refractivity contribution in [3.63, 3.8) is 0 Å². The van der Waals surface area contributed by atoms with Gasteiger partial charge in [-0.1, -0.05) is 83.0 Å². The first-order chi connectivity index (χ1) is 16.8. The van der Waals surface area contributed by atoms with Gasteiger partial charge in [0.2, 0.25) is 11.8 Å². The van der Waals surface area contributed by atoms with Gasteiger partial charge in [0.05, 0.1) is 6.42 Å². The molecule has 35 heavy (non-hydrogen) atoms. The van der Waals surface area contributed by atoms with E-state index in [1.807, 2.05) is 68.4 Å². The van der Waals surface area contributed by atoms with Crippen LogP contribution in [0.15, 0.2) is 77.3 Å². The highest BCUT2D eigenvalue weighted by Crippen LogP contribution is 2.23. The van der Waals surface area contributed by atoms with E-state index in [9.17, 15) is 14.0 Å². The second-order valence-corrected chi connectivity index (χ2v) is 9.87. The van der Waals surface area contributed by atoms with Crippen LogP contribution in [0, 0.1) is 5.82 Å². The molecule has 4 nitrogen and oxygen atoms in total. The maximum atomic E-state index is 14.5. The zero-order valence-corrected chi connectivity index (χ0v) is 22.2. The van der Waals surface area contributed by atoms with E-state index < -0.39 is 11.9 Å². The molecule has 7 heteroatoms. The van der Waals surface area contributed by atoms with E-state index in [1.54, 1.807) is 6.07 Å². The van der Waals surface area contributed by atoms with Crippen LogP contribution in [0.25, 0.3) is 0 Å². The number of nitrogens with zero attached hydrogens (tertiary/aromatic N) is 1. The summed E-state index contributed by atoms with van der Waals surface area (Å²) < 4.78 is 15.4. The molecule has 2 amide bonds. The molecule has 3 aromatic rings. The monoisotopic (exact) mass is 558 g/mol. The van der Waals surface area contributed by atoms with Crippen LogP contribution in [0.3, 0.4) is 0 Å². The lowest BCUT2D eigenvalue weighted by molar-refractivity contribution is -0.141. The molecule has 0 heterocycles. The van der Waals surface area contributed by atoms with E-state index in [1.165, 1.54) is 17.0 Å². The molecule has 0 saturated heterocycles. The topological polar surface area (TPSA) is 49.4 Å². The Morgan fingerprint density at radius 1 is 1.00 bits per heavy atom. The highest BCUT2D eigenvalue weighted by molar-refractivity contribution is 9.10. The van der Waals surface area contributed by atoms with Gasteiger partial charge < -0.3 is 10.2 Å². The third-order valence-electron chi connectivity index (χ3n) is 5.93. The molecule has 3 aromatic carbocycles. The van der Waals surface area contributed by atoms with Crippen LogP contribution in [0.1, 0.15) is 37.0 Å². The normalized spacial score (nSPS) is 12.6. The predicted octanol–water partition coefficient (Wildman–Crippen LogP) is 6.34. The van der Waals surface area contributed by atoms with Crippen LogP contribution in [0.5, 0.6) is 0 Å². The van der Waals surface area contributed by atoms with Crippen LogP contribution in [-0.2, 0) is 29.0 Å². The Morgan fingerprint density at radius 2 is 1.69 bits per heavy atom. The highest BCUT2D eigenvalue weighted by Gasteiger charge is 2.31. The van der Waals surface area contributed by atoms with Crippen LogP contribution in [0.4, 0.5) is 4.39 Å². The molecule has 1 N–H and O–H groups in total. The zero-order chi connectivity index (χ0) is 25.4. The predicted molar refractivity (Wildman–Crippen MR) is 142 cm³/mol. The summed E-state index contributed by atoms with van der Waals surface area (Å²) in [5, 5.41) is 3.21. The number of rotatable bonds is 10. The Bertz CT molecular complexity index is 1120. The molecule has 2 atom stereocenters. The van der Waals surface area contributed by atoms with E-state index in [4.69, 9.17) is 11.6 Å². The van der Waals surface area contributed by atoms with Gasteiger partial charge in [-0.25, -0.2) is 4.39 Å². The minimum absolute atomic E-state index is 0.0496. The number of benzene rings is 3. The van der Waals surface area contributed by atoms with E-state index in [0.717, 1.165) is 22.0 Å². The van der Waals surface area contributed by atoms with Gasteiger partial charge in [-0.3, -0.25) is 9.59 Å². The lowest BCUT2D eigenvalue weighted by Gasteiger charge is -2.32. The van der Waals surface area contributed by atoms with E-state index in [0.29, 0.717) is 6.42 Å². The van der Waals surface area contributed by atoms with Crippen molar-refractivity contribution < 1.29 is 14.0 Å². The van der Waals surface area contributed by atoms with Crippen LogP contribution in [-0.4, -0.2) is 28.8 Å². The van der Waals surface area contributed by atoms with Crippen molar-refractivity contribution in [3.05, 3.63) is 105 Å². The summed E-state index contributed by atoms with van der Waals surface area (Å²) in [6.07, 6.45) is 0.843. The van der Waals surface area contributed by atoms with Gasteiger partial charge in [0, 0.05) is 34.1 Å². The highest BCUT2D eigenvalue weighted by atomic mass is 79.9. The van der Waals surface area contributed by atoms with Crippen molar-refractivity contribution >= 4 is 39.3 Å². The Balaban J connectivity index is 2.00. The number of carbonyl (C=O) groups is 2. The summed E-state index contributed by atoms with van der Waals surface area (Å²) in [7, 11) is 0. The molecule has 0 unspecified atom stereocenters. The second-order valence-electron chi connectivity index (χ2n) is 8.55. The molecule has 0 fully saturated rings. The summed E-state index contributed by atoms with van der Waals surface area (Å²) in [5.41, 5.74) is 1.91. The molecular weight excluding hydrogens is 531 g/mol. The average Bonchev–Trinajstić information content (AvgIpc) is 2.85. The zero-order valence-electron chi connectivity index (χ0n) is 19.8. The molecule has 0 aliphatic rings. The van der Waals surface area contributed by atoms with Crippen molar-refractivity contribution in [2.75, 3.05) is 0 Å². The minimum atomic E-state index is -0.784. The molecule has 0 aromatic heterocycles. The molecule has 0 radical (unpaired) electrons. The summed E-state index contributed by atoms with van der Waals surface area (Å²) in [6, 6.07) is 20.6. The summed E-state index contributed by atoms with van der Waals surface area (Å²) in [4.78, 5) is 28.7. The van der Waals surface area contributed by atoms with Gasteiger partial charge in [-0.15, -0.1) is 0 Å². The van der Waals surface area contributed by atoms with Gasteiger partial charge in [-0.2, -0.15) is 0 Å². The molecule has 0 aliphatic carbocycles. The van der Waals surface area contributed by atoms with E-state index in [-0.39, 0.29) is 41.4 Å². The average molecular weight is 560 g/mol. The first-order valence-corrected chi connectivity index (χ1v) is 12.8. The van der Waals surface area contributed by atoms with Gasteiger partial charge in [0.25, 0.3) is 0 Å². The van der Waals surface area contributed by atoms with Gasteiger partial charge in [0.15, 0.2) is 0 Å². The number of hydrogen-bond acceptors (Lipinski definition) is 2. The lowest BCUT2D eigenvalue weighted by Crippen LogP contribution is -2.52. The second kappa shape index (κ2) is 12.8. The van der Waals surface area contributed by atoms with Crippen molar-refractivity contribution in [2.45, 2.75) is 51.7 Å². The van der Waals surface area contributed by atoms with Gasteiger partial charge >= 0.3 is 0 Å². The van der Waals surface area contributed by atoms with Crippen molar-refractivity contribution in [2.24, 2.45) is 0 Å².